The summed E-state index contributed by atoms with van der Waals surface area (Å²) in [6.07, 6.45) is 0.664. The van der Waals surface area contributed by atoms with Gasteiger partial charge in [-0.25, -0.2) is 8.42 Å². The molecule has 1 unspecified atom stereocenters. The molecule has 1 aliphatic heterocycles. The van der Waals surface area contributed by atoms with Gasteiger partial charge in [0.15, 0.2) is 0 Å². The molecule has 0 bridgehead atoms. The normalized spacial score (nSPS) is 24.3. The number of sulfonamides is 1. The zero-order valence-corrected chi connectivity index (χ0v) is 11.7. The molecule has 1 N–H and O–H groups in total. The maximum Gasteiger partial charge on any atom is 0.235 e. The van der Waals surface area contributed by atoms with Crippen LogP contribution in [0.3, 0.4) is 0 Å². The van der Waals surface area contributed by atoms with E-state index in [1.54, 1.807) is 4.31 Å². The lowest BCUT2D eigenvalue weighted by Crippen LogP contribution is -2.47. The summed E-state index contributed by atoms with van der Waals surface area (Å²) in [5.74, 6) is 0.207. The third-order valence-electron chi connectivity index (χ3n) is 3.15. The number of nitrogens with zero attached hydrogens (tertiary/aromatic N) is 1. The minimum absolute atomic E-state index is 0.0582. The van der Waals surface area contributed by atoms with Gasteiger partial charge < -0.3 is 5.32 Å². The highest BCUT2D eigenvalue weighted by Gasteiger charge is 2.28. The van der Waals surface area contributed by atoms with Crippen LogP contribution in [0.1, 0.15) is 18.9 Å². The molecule has 0 amide bonds. The summed E-state index contributed by atoms with van der Waals surface area (Å²) in [5, 5.41) is 3.28. The van der Waals surface area contributed by atoms with Crippen LogP contribution in [0.25, 0.3) is 0 Å². The van der Waals surface area contributed by atoms with Crippen molar-refractivity contribution in [3.05, 3.63) is 29.8 Å². The van der Waals surface area contributed by atoms with Crippen LogP contribution in [0.15, 0.2) is 24.3 Å². The molecule has 1 fully saturated rings. The van der Waals surface area contributed by atoms with Crippen LogP contribution in [0.2, 0.25) is 0 Å². The van der Waals surface area contributed by atoms with E-state index in [9.17, 15) is 8.42 Å². The Morgan fingerprint density at radius 1 is 1.39 bits per heavy atom. The van der Waals surface area contributed by atoms with Gasteiger partial charge in [0.05, 0.1) is 17.5 Å². The van der Waals surface area contributed by atoms with E-state index in [1.165, 1.54) is 0 Å². The van der Waals surface area contributed by atoms with Crippen molar-refractivity contribution in [2.24, 2.45) is 0 Å². The maximum absolute atomic E-state index is 12.4. The maximum atomic E-state index is 12.4. The van der Waals surface area contributed by atoms with Gasteiger partial charge in [-0.05, 0) is 44.5 Å². The summed E-state index contributed by atoms with van der Waals surface area (Å²) < 4.78 is 26.3. The second kappa shape index (κ2) is 5.28. The summed E-state index contributed by atoms with van der Waals surface area (Å²) in [7, 11) is -3.21. The van der Waals surface area contributed by atoms with E-state index in [2.05, 4.69) is 5.32 Å². The van der Waals surface area contributed by atoms with Crippen molar-refractivity contribution in [3.63, 3.8) is 0 Å². The lowest BCUT2D eigenvalue weighted by atomic mass is 10.2. The largest absolute Gasteiger partial charge is 0.315 e. The minimum atomic E-state index is -3.21. The van der Waals surface area contributed by atoms with Gasteiger partial charge in [0, 0.05) is 6.54 Å². The molecule has 1 aromatic rings. The van der Waals surface area contributed by atoms with Crippen LogP contribution in [-0.4, -0.2) is 33.3 Å². The smallest absolute Gasteiger partial charge is 0.235 e. The highest BCUT2D eigenvalue weighted by Crippen LogP contribution is 2.23. The third kappa shape index (κ3) is 2.84. The van der Waals surface area contributed by atoms with Crippen LogP contribution in [0.5, 0.6) is 0 Å². The minimum Gasteiger partial charge on any atom is -0.315 e. The quantitative estimate of drug-likeness (QED) is 0.840. The summed E-state index contributed by atoms with van der Waals surface area (Å²) in [4.78, 5) is 0. The lowest BCUT2D eigenvalue weighted by molar-refractivity contribution is 0.542. The summed E-state index contributed by atoms with van der Waals surface area (Å²) in [6, 6.07) is 7.61. The van der Waals surface area contributed by atoms with Gasteiger partial charge in [-0.15, -0.1) is 0 Å². The van der Waals surface area contributed by atoms with Crippen molar-refractivity contribution in [2.45, 2.75) is 26.3 Å². The molecule has 18 heavy (non-hydrogen) atoms. The molecule has 0 radical (unpaired) electrons. The van der Waals surface area contributed by atoms with Crippen molar-refractivity contribution >= 4 is 15.7 Å². The Hall–Kier alpha value is -1.07. The first-order valence-corrected chi connectivity index (χ1v) is 7.91. The molecule has 1 aliphatic rings. The summed E-state index contributed by atoms with van der Waals surface area (Å²) >= 11 is 0. The fourth-order valence-electron chi connectivity index (χ4n) is 2.33. The Morgan fingerprint density at radius 2 is 2.17 bits per heavy atom. The van der Waals surface area contributed by atoms with E-state index in [4.69, 9.17) is 0 Å². The van der Waals surface area contributed by atoms with Crippen molar-refractivity contribution in [3.8, 4) is 0 Å². The zero-order valence-electron chi connectivity index (χ0n) is 10.9. The summed E-state index contributed by atoms with van der Waals surface area (Å²) in [5.41, 5.74) is 1.84. The Morgan fingerprint density at radius 3 is 2.89 bits per heavy atom. The Labute approximate surface area is 109 Å². The standard InChI is InChI=1S/C13H20N2O2S/c1-11-5-3-6-13(9-11)15-12(2)10-14-7-4-8-18(15,16)17/h3,5-6,9,12,14H,4,7-8,10H2,1-2H3. The molecule has 5 heteroatoms. The van der Waals surface area contributed by atoms with Crippen LogP contribution >= 0.6 is 0 Å². The number of hydrogen-bond donors (Lipinski definition) is 1. The average molecular weight is 268 g/mol. The molecule has 1 saturated heterocycles. The molecule has 1 aromatic carbocycles. The van der Waals surface area contributed by atoms with Crippen LogP contribution < -0.4 is 9.62 Å². The monoisotopic (exact) mass is 268 g/mol. The lowest BCUT2D eigenvalue weighted by Gasteiger charge is -2.32. The van der Waals surface area contributed by atoms with E-state index in [1.807, 2.05) is 38.1 Å². The first-order chi connectivity index (χ1) is 8.50. The fraction of sp³-hybridized carbons (Fsp3) is 0.538. The molecule has 2 rings (SSSR count). The molecule has 4 nitrogen and oxygen atoms in total. The molecule has 100 valence electrons. The van der Waals surface area contributed by atoms with Gasteiger partial charge in [-0.1, -0.05) is 12.1 Å². The number of nitrogens with one attached hydrogen (secondary N) is 1. The number of aryl methyl sites for hydroxylation is 1. The van der Waals surface area contributed by atoms with Gasteiger partial charge >= 0.3 is 0 Å². The predicted octanol–water partition coefficient (Wildman–Crippen LogP) is 1.51. The number of anilines is 1. The van der Waals surface area contributed by atoms with E-state index in [0.717, 1.165) is 17.8 Å². The van der Waals surface area contributed by atoms with Crippen molar-refractivity contribution < 1.29 is 8.42 Å². The van der Waals surface area contributed by atoms with Gasteiger partial charge in [0.25, 0.3) is 0 Å². The zero-order chi connectivity index (χ0) is 13.2. The molecular weight excluding hydrogens is 248 g/mol. The van der Waals surface area contributed by atoms with E-state index < -0.39 is 10.0 Å². The molecule has 1 heterocycles. The number of rotatable bonds is 1. The fourth-order valence-corrected chi connectivity index (χ4v) is 4.09. The molecular formula is C13H20N2O2S. The first kappa shape index (κ1) is 13.4. The summed E-state index contributed by atoms with van der Waals surface area (Å²) in [6.45, 7) is 5.37. The predicted molar refractivity (Wildman–Crippen MR) is 74.4 cm³/mol. The molecule has 0 saturated carbocycles. The Balaban J connectivity index is 2.41. The molecule has 1 atom stereocenters. The third-order valence-corrected chi connectivity index (χ3v) is 5.13. The van der Waals surface area contributed by atoms with Gasteiger partial charge in [-0.3, -0.25) is 4.31 Å². The van der Waals surface area contributed by atoms with E-state index in [-0.39, 0.29) is 11.8 Å². The topological polar surface area (TPSA) is 49.4 Å². The SMILES string of the molecule is Cc1cccc(N2C(C)CNCCCS2(=O)=O)c1. The van der Waals surface area contributed by atoms with Crippen molar-refractivity contribution in [1.82, 2.24) is 5.32 Å². The highest BCUT2D eigenvalue weighted by atomic mass is 32.2. The van der Waals surface area contributed by atoms with Crippen LogP contribution in [-0.2, 0) is 10.0 Å². The van der Waals surface area contributed by atoms with Gasteiger partial charge in [-0.2, -0.15) is 0 Å². The second-order valence-electron chi connectivity index (χ2n) is 4.86. The highest BCUT2D eigenvalue weighted by molar-refractivity contribution is 7.92. The number of benzene rings is 1. The molecule has 0 aromatic heterocycles. The first-order valence-electron chi connectivity index (χ1n) is 6.30. The van der Waals surface area contributed by atoms with Crippen LogP contribution in [0, 0.1) is 6.92 Å². The Bertz CT molecular complexity index is 513. The van der Waals surface area contributed by atoms with Crippen molar-refractivity contribution in [2.75, 3.05) is 23.1 Å². The Kier molecular flexibility index (Phi) is 3.92. The number of hydrogen-bond acceptors (Lipinski definition) is 3. The van der Waals surface area contributed by atoms with Gasteiger partial charge in [0.2, 0.25) is 10.0 Å². The van der Waals surface area contributed by atoms with Crippen LogP contribution in [0.4, 0.5) is 5.69 Å². The van der Waals surface area contributed by atoms with Crippen molar-refractivity contribution in [1.29, 1.82) is 0 Å². The van der Waals surface area contributed by atoms with Gasteiger partial charge in [0.1, 0.15) is 0 Å². The molecule has 0 aliphatic carbocycles. The average Bonchev–Trinajstić information content (AvgIpc) is 2.26. The second-order valence-corrected chi connectivity index (χ2v) is 6.82. The van der Waals surface area contributed by atoms with E-state index >= 15 is 0 Å². The van der Waals surface area contributed by atoms with E-state index in [0.29, 0.717) is 13.0 Å². The molecule has 0 spiro atoms.